The number of carbonyl (C=O) groups is 1. The van der Waals surface area contributed by atoms with Gasteiger partial charge in [-0.2, -0.15) is 0 Å². The van der Waals surface area contributed by atoms with Crippen LogP contribution in [-0.2, 0) is 4.79 Å². The van der Waals surface area contributed by atoms with Crippen molar-refractivity contribution in [2.24, 2.45) is 0 Å². The maximum absolute atomic E-state index is 11.8. The number of carbonyl (C=O) groups excluding carboxylic acids is 1. The van der Waals surface area contributed by atoms with Crippen LogP contribution in [0.5, 0.6) is 5.75 Å². The molecule has 0 aliphatic heterocycles. The van der Waals surface area contributed by atoms with Crippen molar-refractivity contribution in [1.29, 1.82) is 0 Å². The molecule has 0 aliphatic carbocycles. The van der Waals surface area contributed by atoms with Crippen molar-refractivity contribution < 1.29 is 14.5 Å². The van der Waals surface area contributed by atoms with Gasteiger partial charge in [-0.05, 0) is 37.6 Å². The van der Waals surface area contributed by atoms with E-state index in [9.17, 15) is 14.9 Å². The number of nitro groups is 1. The van der Waals surface area contributed by atoms with Gasteiger partial charge in [-0.15, -0.1) is 0 Å². The topological polar surface area (TPSA) is 81.5 Å². The zero-order valence-electron chi connectivity index (χ0n) is 12.3. The van der Waals surface area contributed by atoms with E-state index in [-0.39, 0.29) is 24.0 Å². The Balaban J connectivity index is 1.99. The summed E-state index contributed by atoms with van der Waals surface area (Å²) < 4.78 is 5.26. The van der Waals surface area contributed by atoms with E-state index in [4.69, 9.17) is 4.74 Å². The molecule has 0 saturated carbocycles. The molecule has 0 radical (unpaired) electrons. The molecule has 0 spiro atoms. The van der Waals surface area contributed by atoms with Crippen LogP contribution in [0, 0.1) is 24.0 Å². The van der Waals surface area contributed by atoms with Crippen molar-refractivity contribution in [3.8, 4) is 5.75 Å². The highest BCUT2D eigenvalue weighted by Gasteiger charge is 2.16. The van der Waals surface area contributed by atoms with E-state index in [1.54, 1.807) is 25.1 Å². The Morgan fingerprint density at radius 2 is 1.77 bits per heavy atom. The minimum absolute atomic E-state index is 0.0784. The van der Waals surface area contributed by atoms with Crippen LogP contribution in [0.3, 0.4) is 0 Å². The number of nitrogens with zero attached hydrogens (tertiary/aromatic N) is 1. The van der Waals surface area contributed by atoms with Crippen LogP contribution >= 0.6 is 0 Å². The van der Waals surface area contributed by atoms with Gasteiger partial charge in [-0.1, -0.05) is 23.8 Å². The summed E-state index contributed by atoms with van der Waals surface area (Å²) in [4.78, 5) is 22.3. The van der Waals surface area contributed by atoms with Crippen LogP contribution in [0.4, 0.5) is 11.4 Å². The van der Waals surface area contributed by atoms with E-state index < -0.39 is 4.92 Å². The van der Waals surface area contributed by atoms with Gasteiger partial charge >= 0.3 is 5.69 Å². The van der Waals surface area contributed by atoms with Crippen LogP contribution in [0.15, 0.2) is 42.5 Å². The van der Waals surface area contributed by atoms with Crippen molar-refractivity contribution in [3.05, 3.63) is 63.7 Å². The van der Waals surface area contributed by atoms with Crippen LogP contribution in [0.25, 0.3) is 0 Å². The zero-order valence-corrected chi connectivity index (χ0v) is 12.3. The Morgan fingerprint density at radius 3 is 2.41 bits per heavy atom. The van der Waals surface area contributed by atoms with Crippen LogP contribution in [0.1, 0.15) is 11.1 Å². The third-order valence-electron chi connectivity index (χ3n) is 3.01. The second kappa shape index (κ2) is 6.71. The Hall–Kier alpha value is -2.89. The number of nitro benzene ring substituents is 1. The number of aryl methyl sites for hydroxylation is 2. The summed E-state index contributed by atoms with van der Waals surface area (Å²) >= 11 is 0. The number of hydrogen-bond acceptors (Lipinski definition) is 4. The third kappa shape index (κ3) is 4.05. The number of rotatable bonds is 5. The molecule has 6 nitrogen and oxygen atoms in total. The molecule has 0 unspecified atom stereocenters. The minimum atomic E-state index is -0.528. The monoisotopic (exact) mass is 300 g/mol. The smallest absolute Gasteiger partial charge is 0.311 e. The van der Waals surface area contributed by atoms with E-state index in [1.165, 1.54) is 12.1 Å². The molecule has 0 fully saturated rings. The lowest BCUT2D eigenvalue weighted by Crippen LogP contribution is -2.20. The standard InChI is InChI=1S/C16H16N2O4/c1-11-3-6-13(7-4-11)17-16(19)10-22-15-8-5-12(2)9-14(15)18(20)21/h3-9H,10H2,1-2H3,(H,17,19). The molecule has 0 heterocycles. The molecule has 0 aliphatic rings. The van der Waals surface area contributed by atoms with Crippen LogP contribution in [0.2, 0.25) is 0 Å². The van der Waals surface area contributed by atoms with Gasteiger partial charge in [0.2, 0.25) is 0 Å². The highest BCUT2D eigenvalue weighted by molar-refractivity contribution is 5.91. The molecule has 0 bridgehead atoms. The van der Waals surface area contributed by atoms with Crippen molar-refractivity contribution in [2.75, 3.05) is 11.9 Å². The van der Waals surface area contributed by atoms with E-state index >= 15 is 0 Å². The van der Waals surface area contributed by atoms with Gasteiger partial charge in [-0.3, -0.25) is 14.9 Å². The SMILES string of the molecule is Cc1ccc(NC(=O)COc2ccc(C)cc2[N+](=O)[O-])cc1. The fraction of sp³-hybridized carbons (Fsp3) is 0.188. The van der Waals surface area contributed by atoms with Crippen molar-refractivity contribution in [1.82, 2.24) is 0 Å². The summed E-state index contributed by atoms with van der Waals surface area (Å²) in [5.74, 6) is -0.298. The second-order valence-corrected chi connectivity index (χ2v) is 4.93. The molecule has 2 rings (SSSR count). The maximum atomic E-state index is 11.8. The first-order valence-corrected chi connectivity index (χ1v) is 6.70. The molecule has 2 aromatic carbocycles. The molecular formula is C16H16N2O4. The quantitative estimate of drug-likeness (QED) is 0.679. The summed E-state index contributed by atoms with van der Waals surface area (Å²) in [6.45, 7) is 3.41. The molecular weight excluding hydrogens is 284 g/mol. The number of ether oxygens (including phenoxy) is 1. The summed E-state index contributed by atoms with van der Waals surface area (Å²) in [7, 11) is 0. The predicted molar refractivity (Wildman–Crippen MR) is 83.1 cm³/mol. The number of nitrogens with one attached hydrogen (secondary N) is 1. The number of anilines is 1. The Bertz CT molecular complexity index is 696. The number of hydrogen-bond donors (Lipinski definition) is 1. The lowest BCUT2D eigenvalue weighted by atomic mass is 10.2. The van der Waals surface area contributed by atoms with Gasteiger partial charge in [0.25, 0.3) is 5.91 Å². The van der Waals surface area contributed by atoms with E-state index in [2.05, 4.69) is 5.32 Å². The maximum Gasteiger partial charge on any atom is 0.311 e. The summed E-state index contributed by atoms with van der Waals surface area (Å²) in [6, 6.07) is 11.9. The van der Waals surface area contributed by atoms with Gasteiger partial charge in [-0.25, -0.2) is 0 Å². The van der Waals surface area contributed by atoms with Gasteiger partial charge < -0.3 is 10.1 Å². The average molecular weight is 300 g/mol. The Morgan fingerprint density at radius 1 is 1.14 bits per heavy atom. The van der Waals surface area contributed by atoms with Gasteiger partial charge in [0.15, 0.2) is 12.4 Å². The first-order valence-electron chi connectivity index (χ1n) is 6.70. The second-order valence-electron chi connectivity index (χ2n) is 4.93. The van der Waals surface area contributed by atoms with E-state index in [0.29, 0.717) is 5.69 Å². The fourth-order valence-electron chi connectivity index (χ4n) is 1.87. The molecule has 0 atom stereocenters. The summed E-state index contributed by atoms with van der Waals surface area (Å²) in [5, 5.41) is 13.6. The molecule has 0 aromatic heterocycles. The van der Waals surface area contributed by atoms with Crippen LogP contribution in [-0.4, -0.2) is 17.4 Å². The largest absolute Gasteiger partial charge is 0.477 e. The molecule has 2 aromatic rings. The molecule has 0 saturated heterocycles. The van der Waals surface area contributed by atoms with Crippen molar-refractivity contribution in [2.45, 2.75) is 13.8 Å². The highest BCUT2D eigenvalue weighted by atomic mass is 16.6. The first kappa shape index (κ1) is 15.5. The predicted octanol–water partition coefficient (Wildman–Crippen LogP) is 3.23. The Kier molecular flexibility index (Phi) is 4.73. The van der Waals surface area contributed by atoms with Gasteiger partial charge in [0.05, 0.1) is 4.92 Å². The lowest BCUT2D eigenvalue weighted by molar-refractivity contribution is -0.385. The van der Waals surface area contributed by atoms with Crippen LogP contribution < -0.4 is 10.1 Å². The molecule has 114 valence electrons. The molecule has 1 amide bonds. The zero-order chi connectivity index (χ0) is 16.1. The van der Waals surface area contributed by atoms with E-state index in [0.717, 1.165) is 11.1 Å². The summed E-state index contributed by atoms with van der Waals surface area (Å²) in [6.07, 6.45) is 0. The molecule has 22 heavy (non-hydrogen) atoms. The normalized spacial score (nSPS) is 10.1. The minimum Gasteiger partial charge on any atom is -0.477 e. The summed E-state index contributed by atoms with van der Waals surface area (Å²) in [5.41, 5.74) is 2.34. The Labute approximate surface area is 127 Å². The van der Waals surface area contributed by atoms with E-state index in [1.807, 2.05) is 19.1 Å². The fourth-order valence-corrected chi connectivity index (χ4v) is 1.87. The van der Waals surface area contributed by atoms with Gasteiger partial charge in [0.1, 0.15) is 0 Å². The van der Waals surface area contributed by atoms with Gasteiger partial charge in [0, 0.05) is 11.8 Å². The van der Waals surface area contributed by atoms with Crippen molar-refractivity contribution >= 4 is 17.3 Å². The van der Waals surface area contributed by atoms with Crippen molar-refractivity contribution in [3.63, 3.8) is 0 Å². The number of benzene rings is 2. The third-order valence-corrected chi connectivity index (χ3v) is 3.01. The number of amides is 1. The molecule has 1 N–H and O–H groups in total. The highest BCUT2D eigenvalue weighted by Crippen LogP contribution is 2.27. The molecule has 6 heteroatoms. The first-order chi connectivity index (χ1) is 10.5. The lowest BCUT2D eigenvalue weighted by Gasteiger charge is -2.08. The average Bonchev–Trinajstić information content (AvgIpc) is 2.48.